The molecule has 0 aliphatic heterocycles. The molecule has 5 nitrogen and oxygen atoms in total. The first-order valence-electron chi connectivity index (χ1n) is 8.91. The molecule has 0 unspecified atom stereocenters. The number of pyridine rings is 1. The average molecular weight is 341 g/mol. The van der Waals surface area contributed by atoms with E-state index in [9.17, 15) is 9.59 Å². The zero-order valence-electron chi connectivity index (χ0n) is 15.6. The van der Waals surface area contributed by atoms with Crippen molar-refractivity contribution in [1.29, 1.82) is 0 Å². The van der Waals surface area contributed by atoms with Crippen molar-refractivity contribution in [2.24, 2.45) is 0 Å². The number of hydrogen-bond donors (Lipinski definition) is 1. The summed E-state index contributed by atoms with van der Waals surface area (Å²) in [5.41, 5.74) is 3.79. The van der Waals surface area contributed by atoms with Gasteiger partial charge in [-0.2, -0.15) is 0 Å². The summed E-state index contributed by atoms with van der Waals surface area (Å²) in [6.45, 7) is 8.73. The number of ketones is 1. The number of nitrogens with one attached hydrogen (secondary N) is 1. The molecule has 0 atom stereocenters. The van der Waals surface area contributed by atoms with Crippen LogP contribution in [-0.4, -0.2) is 39.6 Å². The van der Waals surface area contributed by atoms with Crippen molar-refractivity contribution in [3.05, 3.63) is 52.6 Å². The minimum atomic E-state index is -0.0368. The Kier molecular flexibility index (Phi) is 6.51. The van der Waals surface area contributed by atoms with Crippen LogP contribution < -0.4 is 0 Å². The van der Waals surface area contributed by atoms with Gasteiger partial charge < -0.3 is 9.88 Å². The van der Waals surface area contributed by atoms with E-state index < -0.39 is 0 Å². The Morgan fingerprint density at radius 3 is 2.52 bits per heavy atom. The number of hydrogen-bond acceptors (Lipinski definition) is 3. The van der Waals surface area contributed by atoms with Crippen LogP contribution in [0.25, 0.3) is 0 Å². The molecule has 0 aromatic carbocycles. The van der Waals surface area contributed by atoms with E-state index >= 15 is 0 Å². The molecule has 0 radical (unpaired) electrons. The Bertz CT molecular complexity index is 735. The van der Waals surface area contributed by atoms with Gasteiger partial charge in [-0.3, -0.25) is 14.6 Å². The molecule has 1 N–H and O–H groups in total. The number of aromatic nitrogens is 2. The second-order valence-electron chi connectivity index (χ2n) is 6.25. The van der Waals surface area contributed by atoms with Gasteiger partial charge >= 0.3 is 0 Å². The normalized spacial score (nSPS) is 10.7. The summed E-state index contributed by atoms with van der Waals surface area (Å²) in [6.07, 6.45) is 4.02. The SMILES string of the molecule is CCCN(CCc1ccccn1)C(=O)c1[nH]c(C)c(C(C)=O)c1CC. The number of nitrogens with zero attached hydrogens (tertiary/aromatic N) is 2. The monoisotopic (exact) mass is 341 g/mol. The molecule has 0 bridgehead atoms. The van der Waals surface area contributed by atoms with Gasteiger partial charge in [0.1, 0.15) is 5.69 Å². The van der Waals surface area contributed by atoms with Gasteiger partial charge in [0, 0.05) is 42.7 Å². The summed E-state index contributed by atoms with van der Waals surface area (Å²) in [6, 6.07) is 5.81. The molecule has 0 aliphatic carbocycles. The van der Waals surface area contributed by atoms with Crippen molar-refractivity contribution in [3.63, 3.8) is 0 Å². The molecule has 0 fully saturated rings. The first-order valence-corrected chi connectivity index (χ1v) is 8.91. The Morgan fingerprint density at radius 2 is 1.96 bits per heavy atom. The Balaban J connectivity index is 2.25. The second-order valence-corrected chi connectivity index (χ2v) is 6.25. The minimum Gasteiger partial charge on any atom is -0.354 e. The fourth-order valence-corrected chi connectivity index (χ4v) is 3.23. The van der Waals surface area contributed by atoms with Crippen LogP contribution in [0.2, 0.25) is 0 Å². The largest absolute Gasteiger partial charge is 0.354 e. The highest BCUT2D eigenvalue weighted by molar-refractivity contribution is 6.02. The molecular weight excluding hydrogens is 314 g/mol. The Morgan fingerprint density at radius 1 is 1.20 bits per heavy atom. The Labute approximate surface area is 149 Å². The molecule has 0 saturated carbocycles. The van der Waals surface area contributed by atoms with Crippen LogP contribution in [-0.2, 0) is 12.8 Å². The maximum atomic E-state index is 13.1. The van der Waals surface area contributed by atoms with Crippen LogP contribution in [0.1, 0.15) is 65.0 Å². The van der Waals surface area contributed by atoms with Gasteiger partial charge in [-0.1, -0.05) is 19.9 Å². The number of rotatable bonds is 8. The van der Waals surface area contributed by atoms with Crippen molar-refractivity contribution in [2.45, 2.75) is 47.0 Å². The molecule has 5 heteroatoms. The van der Waals surface area contributed by atoms with E-state index in [0.717, 1.165) is 23.4 Å². The number of Topliss-reactive ketones (excluding diaryl/α,β-unsaturated/α-hetero) is 1. The lowest BCUT2D eigenvalue weighted by Crippen LogP contribution is -2.34. The van der Waals surface area contributed by atoms with Crippen molar-refractivity contribution < 1.29 is 9.59 Å². The highest BCUT2D eigenvalue weighted by atomic mass is 16.2. The molecule has 0 saturated heterocycles. The molecule has 134 valence electrons. The smallest absolute Gasteiger partial charge is 0.270 e. The average Bonchev–Trinajstić information content (AvgIpc) is 2.95. The van der Waals surface area contributed by atoms with Gasteiger partial charge in [0.05, 0.1) is 0 Å². The second kappa shape index (κ2) is 8.60. The molecule has 2 aromatic rings. The van der Waals surface area contributed by atoms with Crippen molar-refractivity contribution >= 4 is 11.7 Å². The molecule has 0 aliphatic rings. The summed E-state index contributed by atoms with van der Waals surface area (Å²) < 4.78 is 0. The number of aryl methyl sites for hydroxylation is 1. The number of amides is 1. The predicted octanol–water partition coefficient (Wildman–Crippen LogP) is 3.58. The van der Waals surface area contributed by atoms with Crippen LogP contribution in [0.4, 0.5) is 0 Å². The summed E-state index contributed by atoms with van der Waals surface area (Å²) in [5.74, 6) is -0.0367. The number of H-pyrrole nitrogens is 1. The van der Waals surface area contributed by atoms with E-state index in [0.29, 0.717) is 37.2 Å². The number of carbonyl (C=O) groups excluding carboxylic acids is 2. The molecule has 2 heterocycles. The van der Waals surface area contributed by atoms with E-state index in [4.69, 9.17) is 0 Å². The van der Waals surface area contributed by atoms with Crippen molar-refractivity contribution in [3.8, 4) is 0 Å². The van der Waals surface area contributed by atoms with Gasteiger partial charge in [0.2, 0.25) is 0 Å². The lowest BCUT2D eigenvalue weighted by molar-refractivity contribution is 0.0750. The maximum absolute atomic E-state index is 13.1. The zero-order valence-corrected chi connectivity index (χ0v) is 15.6. The van der Waals surface area contributed by atoms with Gasteiger partial charge in [-0.15, -0.1) is 0 Å². The first-order chi connectivity index (χ1) is 12.0. The molecule has 2 rings (SSSR count). The fourth-order valence-electron chi connectivity index (χ4n) is 3.23. The minimum absolute atomic E-state index is 0.000164. The van der Waals surface area contributed by atoms with E-state index in [1.54, 1.807) is 13.1 Å². The third-order valence-corrected chi connectivity index (χ3v) is 4.36. The van der Waals surface area contributed by atoms with Crippen molar-refractivity contribution in [2.75, 3.05) is 13.1 Å². The Hall–Kier alpha value is -2.43. The summed E-state index contributed by atoms with van der Waals surface area (Å²) in [7, 11) is 0. The van der Waals surface area contributed by atoms with E-state index in [1.165, 1.54) is 0 Å². The summed E-state index contributed by atoms with van der Waals surface area (Å²) in [4.78, 5) is 34.4. The topological polar surface area (TPSA) is 66.1 Å². The molecule has 25 heavy (non-hydrogen) atoms. The fraction of sp³-hybridized carbons (Fsp3) is 0.450. The highest BCUT2D eigenvalue weighted by Crippen LogP contribution is 2.22. The number of aromatic amines is 1. The lowest BCUT2D eigenvalue weighted by Gasteiger charge is -2.22. The predicted molar refractivity (Wildman–Crippen MR) is 99.0 cm³/mol. The maximum Gasteiger partial charge on any atom is 0.270 e. The third kappa shape index (κ3) is 4.35. The van der Waals surface area contributed by atoms with Gasteiger partial charge in [-0.25, -0.2) is 0 Å². The van der Waals surface area contributed by atoms with Gasteiger partial charge in [0.25, 0.3) is 5.91 Å². The van der Waals surface area contributed by atoms with Crippen LogP contribution in [0, 0.1) is 6.92 Å². The van der Waals surface area contributed by atoms with Crippen LogP contribution in [0.5, 0.6) is 0 Å². The summed E-state index contributed by atoms with van der Waals surface area (Å²) >= 11 is 0. The van der Waals surface area contributed by atoms with E-state index in [2.05, 4.69) is 16.9 Å². The molecule has 2 aromatic heterocycles. The molecular formula is C20H27N3O2. The van der Waals surface area contributed by atoms with Crippen LogP contribution in [0.3, 0.4) is 0 Å². The summed E-state index contributed by atoms with van der Waals surface area (Å²) in [5, 5.41) is 0. The molecule has 0 spiro atoms. The van der Waals surface area contributed by atoms with E-state index in [-0.39, 0.29) is 11.7 Å². The molecule has 1 amide bonds. The van der Waals surface area contributed by atoms with Gasteiger partial charge in [0.15, 0.2) is 5.78 Å². The zero-order chi connectivity index (χ0) is 18.4. The van der Waals surface area contributed by atoms with E-state index in [1.807, 2.05) is 36.9 Å². The lowest BCUT2D eigenvalue weighted by atomic mass is 10.0. The van der Waals surface area contributed by atoms with Crippen LogP contribution in [0.15, 0.2) is 24.4 Å². The third-order valence-electron chi connectivity index (χ3n) is 4.36. The van der Waals surface area contributed by atoms with Crippen LogP contribution >= 0.6 is 0 Å². The first kappa shape index (κ1) is 18.9. The quantitative estimate of drug-likeness (QED) is 0.746. The number of carbonyl (C=O) groups is 2. The highest BCUT2D eigenvalue weighted by Gasteiger charge is 2.24. The van der Waals surface area contributed by atoms with Gasteiger partial charge in [-0.05, 0) is 44.4 Å². The van der Waals surface area contributed by atoms with Crippen molar-refractivity contribution in [1.82, 2.24) is 14.9 Å². The standard InChI is InChI=1S/C20H27N3O2/c1-5-12-23(13-10-16-9-7-8-11-21-16)20(25)19-17(6-2)18(15(4)24)14(3)22-19/h7-9,11,22H,5-6,10,12-13H2,1-4H3.